The Kier molecular flexibility index (Phi) is 7.86. The van der Waals surface area contributed by atoms with Crippen LogP contribution in [0.3, 0.4) is 0 Å². The summed E-state index contributed by atoms with van der Waals surface area (Å²) in [6, 6.07) is 11.2. The minimum atomic E-state index is -0.725. The van der Waals surface area contributed by atoms with Gasteiger partial charge in [-0.3, -0.25) is 29.4 Å². The van der Waals surface area contributed by atoms with Gasteiger partial charge in [0.1, 0.15) is 18.1 Å². The van der Waals surface area contributed by atoms with Crippen molar-refractivity contribution in [2.24, 2.45) is 0 Å². The van der Waals surface area contributed by atoms with E-state index in [1.54, 1.807) is 0 Å². The minimum Gasteiger partial charge on any atom is -0.465 e. The van der Waals surface area contributed by atoms with Gasteiger partial charge < -0.3 is 14.5 Å². The fourth-order valence-electron chi connectivity index (χ4n) is 3.42. The van der Waals surface area contributed by atoms with Crippen LogP contribution in [0.25, 0.3) is 17.4 Å². The molecule has 0 atom stereocenters. The Labute approximate surface area is 228 Å². The summed E-state index contributed by atoms with van der Waals surface area (Å²) in [6.07, 6.45) is 1.30. The average molecular weight is 576 g/mol. The van der Waals surface area contributed by atoms with Crippen molar-refractivity contribution in [2.75, 3.05) is 19.0 Å². The molecule has 1 saturated heterocycles. The molecule has 0 bridgehead atoms. The van der Waals surface area contributed by atoms with Crippen LogP contribution in [0.2, 0.25) is 10.0 Å². The van der Waals surface area contributed by atoms with Gasteiger partial charge in [-0.15, -0.1) is 0 Å². The van der Waals surface area contributed by atoms with Gasteiger partial charge in [-0.25, -0.2) is 4.79 Å². The Morgan fingerprint density at radius 3 is 2.63 bits per heavy atom. The van der Waals surface area contributed by atoms with Crippen molar-refractivity contribution in [2.45, 2.75) is 0 Å². The Morgan fingerprint density at radius 2 is 1.92 bits per heavy atom. The van der Waals surface area contributed by atoms with E-state index >= 15 is 0 Å². The third-order valence-corrected chi connectivity index (χ3v) is 6.62. The third kappa shape index (κ3) is 5.72. The molecule has 3 amide bonds. The molecular formula is C24H15Cl2N3O8S. The highest BCUT2D eigenvalue weighted by molar-refractivity contribution is 8.18. The van der Waals surface area contributed by atoms with Gasteiger partial charge in [0.2, 0.25) is 5.91 Å². The molecule has 11 nitrogen and oxygen atoms in total. The van der Waals surface area contributed by atoms with Crippen LogP contribution in [0.15, 0.2) is 57.9 Å². The van der Waals surface area contributed by atoms with Crippen LogP contribution in [0.5, 0.6) is 0 Å². The van der Waals surface area contributed by atoms with Crippen molar-refractivity contribution >= 4 is 75.4 Å². The second kappa shape index (κ2) is 11.1. The van der Waals surface area contributed by atoms with Gasteiger partial charge in [0, 0.05) is 22.9 Å². The maximum Gasteiger partial charge on any atom is 0.339 e. The number of anilines is 1. The first kappa shape index (κ1) is 26.9. The molecular weight excluding hydrogens is 561 g/mol. The van der Waals surface area contributed by atoms with Gasteiger partial charge in [0.15, 0.2) is 0 Å². The Morgan fingerprint density at radius 1 is 1.16 bits per heavy atom. The highest BCUT2D eigenvalue weighted by atomic mass is 35.5. The molecule has 1 N–H and O–H groups in total. The van der Waals surface area contributed by atoms with E-state index in [2.05, 4.69) is 10.1 Å². The van der Waals surface area contributed by atoms with Gasteiger partial charge in [-0.2, -0.15) is 0 Å². The molecule has 3 aromatic rings. The summed E-state index contributed by atoms with van der Waals surface area (Å²) in [6.45, 7) is -0.585. The number of carbonyl (C=O) groups excluding carboxylic acids is 4. The summed E-state index contributed by atoms with van der Waals surface area (Å²) in [5.41, 5.74) is 0.162. The second-order valence-electron chi connectivity index (χ2n) is 7.62. The highest BCUT2D eigenvalue weighted by Gasteiger charge is 2.36. The lowest BCUT2D eigenvalue weighted by Gasteiger charge is -2.13. The summed E-state index contributed by atoms with van der Waals surface area (Å²) in [5.74, 6) is -1.80. The molecule has 1 aliphatic rings. The van der Waals surface area contributed by atoms with Crippen LogP contribution in [0.4, 0.5) is 16.2 Å². The SMILES string of the molecule is COC(=O)c1cc(NC(=O)CN2C(=O)S/C(=C/c3ccc(-c4ccc(Cl)cc4[N+](=O)[O-])o3)C2=O)ccc1Cl. The summed E-state index contributed by atoms with van der Waals surface area (Å²) < 4.78 is 10.3. The number of halogens is 2. The quantitative estimate of drug-likeness (QED) is 0.164. The summed E-state index contributed by atoms with van der Waals surface area (Å²) in [7, 11) is 1.18. The number of esters is 1. The van der Waals surface area contributed by atoms with Gasteiger partial charge in [0.05, 0.1) is 33.1 Å². The van der Waals surface area contributed by atoms with Crippen LogP contribution in [0, 0.1) is 10.1 Å². The number of carbonyl (C=O) groups is 4. The standard InChI is InChI=1S/C24H15Cl2N3O8S/c1-36-23(32)16-9-13(3-6-17(16)26)27-21(30)11-28-22(31)20(38-24(28)33)10-14-4-7-19(37-14)15-5-2-12(25)8-18(15)29(34)35/h2-10H,11H2,1H3,(H,27,30)/b20-10+. The zero-order valence-electron chi connectivity index (χ0n) is 19.2. The molecule has 4 rings (SSSR count). The number of nitrogens with zero attached hydrogens (tertiary/aromatic N) is 2. The van der Waals surface area contributed by atoms with Gasteiger partial charge in [-0.05, 0) is 54.2 Å². The zero-order valence-corrected chi connectivity index (χ0v) is 21.6. The molecule has 2 aromatic carbocycles. The van der Waals surface area contributed by atoms with E-state index in [0.29, 0.717) is 11.8 Å². The van der Waals surface area contributed by atoms with E-state index in [4.69, 9.17) is 27.6 Å². The number of hydrogen-bond donors (Lipinski definition) is 1. The minimum absolute atomic E-state index is 0.00576. The van der Waals surface area contributed by atoms with Crippen LogP contribution in [-0.2, 0) is 14.3 Å². The molecule has 0 aliphatic carbocycles. The summed E-state index contributed by atoms with van der Waals surface area (Å²) in [4.78, 5) is 61.1. The van der Waals surface area contributed by atoms with Crippen LogP contribution in [-0.4, -0.2) is 46.5 Å². The Balaban J connectivity index is 1.47. The maximum absolute atomic E-state index is 12.8. The first-order valence-electron chi connectivity index (χ1n) is 10.5. The molecule has 38 heavy (non-hydrogen) atoms. The topological polar surface area (TPSA) is 149 Å². The molecule has 194 valence electrons. The fourth-order valence-corrected chi connectivity index (χ4v) is 4.60. The van der Waals surface area contributed by atoms with Crippen LogP contribution >= 0.6 is 35.0 Å². The van der Waals surface area contributed by atoms with E-state index in [1.165, 1.54) is 61.7 Å². The number of ether oxygens (including phenoxy) is 1. The lowest BCUT2D eigenvalue weighted by Crippen LogP contribution is -2.36. The normalized spacial score (nSPS) is 14.2. The first-order valence-corrected chi connectivity index (χ1v) is 12.1. The van der Waals surface area contributed by atoms with Crippen molar-refractivity contribution < 1.29 is 33.3 Å². The highest BCUT2D eigenvalue weighted by Crippen LogP contribution is 2.36. The Bertz CT molecular complexity index is 1530. The maximum atomic E-state index is 12.8. The number of benzene rings is 2. The molecule has 1 fully saturated rings. The molecule has 0 spiro atoms. The molecule has 2 heterocycles. The summed E-state index contributed by atoms with van der Waals surface area (Å²) in [5, 5.41) is 13.5. The number of furan rings is 1. The predicted molar refractivity (Wildman–Crippen MR) is 140 cm³/mol. The summed E-state index contributed by atoms with van der Waals surface area (Å²) >= 11 is 12.4. The monoisotopic (exact) mass is 575 g/mol. The van der Waals surface area contributed by atoms with Gasteiger partial charge >= 0.3 is 5.97 Å². The van der Waals surface area contributed by atoms with E-state index in [9.17, 15) is 29.3 Å². The number of methoxy groups -OCH3 is 1. The first-order chi connectivity index (χ1) is 18.1. The van der Waals surface area contributed by atoms with Gasteiger partial charge in [0.25, 0.3) is 16.8 Å². The lowest BCUT2D eigenvalue weighted by molar-refractivity contribution is -0.384. The van der Waals surface area contributed by atoms with E-state index in [0.717, 1.165) is 4.90 Å². The second-order valence-corrected chi connectivity index (χ2v) is 9.46. The zero-order chi connectivity index (χ0) is 27.6. The predicted octanol–water partition coefficient (Wildman–Crippen LogP) is 5.62. The largest absolute Gasteiger partial charge is 0.465 e. The lowest BCUT2D eigenvalue weighted by atomic mass is 10.1. The molecule has 0 saturated carbocycles. The van der Waals surface area contributed by atoms with Crippen molar-refractivity contribution in [3.8, 4) is 11.3 Å². The average Bonchev–Trinajstić information content (AvgIpc) is 3.44. The molecule has 14 heteroatoms. The molecule has 0 unspecified atom stereocenters. The smallest absolute Gasteiger partial charge is 0.339 e. The molecule has 1 aromatic heterocycles. The number of nitrogens with one attached hydrogen (secondary N) is 1. The van der Waals surface area contributed by atoms with Crippen LogP contribution in [0.1, 0.15) is 16.1 Å². The number of nitro benzene ring substituents is 1. The van der Waals surface area contributed by atoms with Crippen molar-refractivity contribution in [3.05, 3.63) is 84.9 Å². The van der Waals surface area contributed by atoms with Crippen molar-refractivity contribution in [1.29, 1.82) is 0 Å². The van der Waals surface area contributed by atoms with Crippen LogP contribution < -0.4 is 5.32 Å². The van der Waals surface area contributed by atoms with Crippen molar-refractivity contribution in [3.63, 3.8) is 0 Å². The number of nitro groups is 1. The molecule has 1 aliphatic heterocycles. The number of amides is 3. The molecule has 0 radical (unpaired) electrons. The fraction of sp³-hybridized carbons (Fsp3) is 0.0833. The van der Waals surface area contributed by atoms with E-state index in [1.807, 2.05) is 0 Å². The Hall–Kier alpha value is -4.13. The number of hydrogen-bond acceptors (Lipinski definition) is 9. The number of imide groups is 1. The number of thioether (sulfide) groups is 1. The number of rotatable bonds is 7. The third-order valence-electron chi connectivity index (χ3n) is 5.15. The van der Waals surface area contributed by atoms with E-state index in [-0.39, 0.29) is 49.0 Å². The van der Waals surface area contributed by atoms with Gasteiger partial charge in [-0.1, -0.05) is 23.2 Å². The van der Waals surface area contributed by atoms with Crippen molar-refractivity contribution in [1.82, 2.24) is 4.90 Å². The van der Waals surface area contributed by atoms with E-state index < -0.39 is 34.5 Å².